The maximum absolute atomic E-state index is 11.6. The summed E-state index contributed by atoms with van der Waals surface area (Å²) in [6, 6.07) is 13.9. The topological polar surface area (TPSA) is 37.3 Å². The first-order valence-corrected chi connectivity index (χ1v) is 9.14. The highest BCUT2D eigenvalue weighted by Gasteiger charge is 2.70. The molecule has 1 N–H and O–H groups in total. The molecule has 5 heteroatoms. The average molecular weight is 353 g/mol. The van der Waals surface area contributed by atoms with Crippen LogP contribution in [-0.4, -0.2) is 11.1 Å². The predicted octanol–water partition coefficient (Wildman–Crippen LogP) is 5.29. The van der Waals surface area contributed by atoms with Crippen LogP contribution in [0.3, 0.4) is 0 Å². The molecule has 3 atom stereocenters. The molecule has 1 aliphatic carbocycles. The standard InChI is InChI=1S/C17H17ClO2S2/c1-16(2)13(15(19)20)14(16)17(18,12-9-6-10-21-12)22-11-7-4-3-5-8-11/h3-10,13-14H,1-2H3,(H,19,20)/t13-,14-,17?/m0/s1. The maximum atomic E-state index is 11.6. The van der Waals surface area contributed by atoms with Crippen molar-refractivity contribution >= 4 is 40.7 Å². The number of rotatable bonds is 5. The molecule has 0 amide bonds. The molecule has 0 aliphatic heterocycles. The molecule has 116 valence electrons. The van der Waals surface area contributed by atoms with Gasteiger partial charge in [-0.05, 0) is 29.0 Å². The molecule has 2 nitrogen and oxygen atoms in total. The molecule has 1 fully saturated rings. The van der Waals surface area contributed by atoms with Gasteiger partial charge in [0.25, 0.3) is 0 Å². The molecule has 0 saturated heterocycles. The van der Waals surface area contributed by atoms with Crippen molar-refractivity contribution in [1.82, 2.24) is 0 Å². The minimum absolute atomic E-state index is 0.108. The lowest BCUT2D eigenvalue weighted by molar-refractivity contribution is -0.139. The van der Waals surface area contributed by atoms with Crippen LogP contribution in [0.25, 0.3) is 0 Å². The number of carbonyl (C=O) groups is 1. The number of aliphatic carboxylic acids is 1. The molecule has 1 unspecified atom stereocenters. The van der Waals surface area contributed by atoms with Crippen LogP contribution < -0.4 is 0 Å². The highest BCUT2D eigenvalue weighted by molar-refractivity contribution is 8.01. The van der Waals surface area contributed by atoms with Crippen molar-refractivity contribution in [2.45, 2.75) is 22.9 Å². The van der Waals surface area contributed by atoms with Crippen molar-refractivity contribution in [3.8, 4) is 0 Å². The van der Waals surface area contributed by atoms with Gasteiger partial charge >= 0.3 is 5.97 Å². The second-order valence-electron chi connectivity index (χ2n) is 6.15. The van der Waals surface area contributed by atoms with Gasteiger partial charge in [-0.2, -0.15) is 0 Å². The normalized spacial score (nSPS) is 25.4. The highest BCUT2D eigenvalue weighted by Crippen LogP contribution is 2.71. The summed E-state index contributed by atoms with van der Waals surface area (Å²) in [7, 11) is 0. The SMILES string of the molecule is CC1(C)[C@H](C(=O)O)[C@@H]1C(Cl)(Sc1ccccc1)c1cccs1. The van der Waals surface area contributed by atoms with Crippen molar-refractivity contribution in [3.05, 3.63) is 52.7 Å². The third-order valence-electron chi connectivity index (χ3n) is 4.36. The summed E-state index contributed by atoms with van der Waals surface area (Å²) in [5.41, 5.74) is -0.306. The Hall–Kier alpha value is -0.970. The van der Waals surface area contributed by atoms with E-state index in [4.69, 9.17) is 11.6 Å². The van der Waals surface area contributed by atoms with E-state index in [0.29, 0.717) is 0 Å². The first-order valence-electron chi connectivity index (χ1n) is 7.07. The molecule has 0 spiro atoms. The van der Waals surface area contributed by atoms with Gasteiger partial charge in [0.05, 0.1) is 5.92 Å². The van der Waals surface area contributed by atoms with Gasteiger partial charge in [0, 0.05) is 15.7 Å². The minimum Gasteiger partial charge on any atom is -0.481 e. The van der Waals surface area contributed by atoms with Crippen LogP contribution in [0, 0.1) is 17.3 Å². The summed E-state index contributed by atoms with van der Waals surface area (Å²) < 4.78 is -0.748. The summed E-state index contributed by atoms with van der Waals surface area (Å²) in [5, 5.41) is 11.5. The van der Waals surface area contributed by atoms with Crippen molar-refractivity contribution in [3.63, 3.8) is 0 Å². The first kappa shape index (κ1) is 15.9. The number of thioether (sulfide) groups is 1. The van der Waals surface area contributed by atoms with Gasteiger partial charge in [0.2, 0.25) is 0 Å². The Bertz CT molecular complexity index is 669. The van der Waals surface area contributed by atoms with Crippen LogP contribution in [-0.2, 0) is 9.00 Å². The van der Waals surface area contributed by atoms with Crippen LogP contribution in [0.2, 0.25) is 0 Å². The number of benzene rings is 1. The fourth-order valence-corrected chi connectivity index (χ4v) is 6.45. The summed E-state index contributed by atoms with van der Waals surface area (Å²) in [6.07, 6.45) is 0. The van der Waals surface area contributed by atoms with E-state index in [1.807, 2.05) is 61.7 Å². The maximum Gasteiger partial charge on any atom is 0.307 e. The average Bonchev–Trinajstić information content (AvgIpc) is 2.86. The number of hydrogen-bond donors (Lipinski definition) is 1. The first-order chi connectivity index (χ1) is 10.4. The van der Waals surface area contributed by atoms with Crippen molar-refractivity contribution in [2.75, 3.05) is 0 Å². The zero-order chi connectivity index (χ0) is 16.0. The Morgan fingerprint density at radius 2 is 1.95 bits per heavy atom. The minimum atomic E-state index is -0.759. The number of carboxylic acids is 1. The molecule has 22 heavy (non-hydrogen) atoms. The molecule has 0 radical (unpaired) electrons. The molecular weight excluding hydrogens is 336 g/mol. The quantitative estimate of drug-likeness (QED) is 0.587. The number of carboxylic acid groups (broad SMARTS) is 1. The van der Waals surface area contributed by atoms with Crippen molar-refractivity contribution < 1.29 is 9.90 Å². The van der Waals surface area contributed by atoms with Gasteiger partial charge in [-0.25, -0.2) is 0 Å². The van der Waals surface area contributed by atoms with Crippen molar-refractivity contribution in [1.29, 1.82) is 0 Å². The van der Waals surface area contributed by atoms with E-state index in [9.17, 15) is 9.90 Å². The van der Waals surface area contributed by atoms with E-state index in [0.717, 1.165) is 9.77 Å². The number of halogens is 1. The molecule has 1 saturated carbocycles. The Morgan fingerprint density at radius 1 is 1.27 bits per heavy atom. The van der Waals surface area contributed by atoms with Crippen LogP contribution >= 0.6 is 34.7 Å². The third-order valence-corrected chi connectivity index (χ3v) is 7.56. The Labute approximate surface area is 143 Å². The highest BCUT2D eigenvalue weighted by atomic mass is 35.5. The second-order valence-corrected chi connectivity index (χ2v) is 9.24. The monoisotopic (exact) mass is 352 g/mol. The van der Waals surface area contributed by atoms with Crippen LogP contribution in [0.15, 0.2) is 52.7 Å². The van der Waals surface area contributed by atoms with E-state index in [1.54, 1.807) is 23.1 Å². The van der Waals surface area contributed by atoms with E-state index < -0.39 is 16.1 Å². The summed E-state index contributed by atoms with van der Waals surface area (Å²) in [6.45, 7) is 3.99. The van der Waals surface area contributed by atoms with E-state index >= 15 is 0 Å². The number of thiophene rings is 1. The molecule has 1 aromatic heterocycles. The smallest absolute Gasteiger partial charge is 0.307 e. The molecule has 1 aromatic carbocycles. The van der Waals surface area contributed by atoms with Gasteiger partial charge in [-0.15, -0.1) is 22.9 Å². The zero-order valence-corrected chi connectivity index (χ0v) is 14.7. The van der Waals surface area contributed by atoms with Crippen LogP contribution in [0.1, 0.15) is 18.7 Å². The third kappa shape index (κ3) is 2.57. The van der Waals surface area contributed by atoms with E-state index in [1.165, 1.54) is 0 Å². The lowest BCUT2D eigenvalue weighted by Gasteiger charge is -2.27. The molecular formula is C17H17ClO2S2. The fourth-order valence-electron chi connectivity index (χ4n) is 3.19. The number of alkyl halides is 1. The largest absolute Gasteiger partial charge is 0.481 e. The lowest BCUT2D eigenvalue weighted by Crippen LogP contribution is -2.20. The predicted molar refractivity (Wildman–Crippen MR) is 92.5 cm³/mol. The van der Waals surface area contributed by atoms with Gasteiger partial charge in [0.1, 0.15) is 4.21 Å². The van der Waals surface area contributed by atoms with Gasteiger partial charge in [-0.3, -0.25) is 4.79 Å². The Morgan fingerprint density at radius 3 is 2.45 bits per heavy atom. The lowest BCUT2D eigenvalue weighted by atomic mass is 10.1. The number of hydrogen-bond acceptors (Lipinski definition) is 3. The molecule has 1 aliphatic rings. The Kier molecular flexibility index (Phi) is 4.04. The van der Waals surface area contributed by atoms with Gasteiger partial charge in [0.15, 0.2) is 0 Å². The van der Waals surface area contributed by atoms with E-state index in [-0.39, 0.29) is 11.3 Å². The van der Waals surface area contributed by atoms with Gasteiger partial charge in [-0.1, -0.05) is 49.9 Å². The molecule has 3 rings (SSSR count). The summed E-state index contributed by atoms with van der Waals surface area (Å²) in [5.74, 6) is -1.28. The van der Waals surface area contributed by atoms with Crippen LogP contribution in [0.5, 0.6) is 0 Å². The molecule has 1 heterocycles. The molecule has 2 aromatic rings. The second kappa shape index (κ2) is 5.59. The summed E-state index contributed by atoms with van der Waals surface area (Å²) >= 11 is 10.2. The fraction of sp³-hybridized carbons (Fsp3) is 0.353. The van der Waals surface area contributed by atoms with Gasteiger partial charge < -0.3 is 5.11 Å². The summed E-state index contributed by atoms with van der Waals surface area (Å²) in [4.78, 5) is 13.7. The molecule has 0 bridgehead atoms. The Balaban J connectivity index is 2.00. The van der Waals surface area contributed by atoms with Crippen LogP contribution in [0.4, 0.5) is 0 Å². The van der Waals surface area contributed by atoms with Crippen molar-refractivity contribution in [2.24, 2.45) is 17.3 Å². The van der Waals surface area contributed by atoms with E-state index in [2.05, 4.69) is 0 Å². The zero-order valence-electron chi connectivity index (χ0n) is 12.3.